The van der Waals surface area contributed by atoms with Crippen molar-refractivity contribution in [1.29, 1.82) is 0 Å². The maximum atomic E-state index is 12.7. The lowest BCUT2D eigenvalue weighted by atomic mass is 10.0. The highest BCUT2D eigenvalue weighted by molar-refractivity contribution is 5.88. The van der Waals surface area contributed by atoms with E-state index in [2.05, 4.69) is 22.5 Å². The van der Waals surface area contributed by atoms with E-state index in [1.54, 1.807) is 0 Å². The van der Waals surface area contributed by atoms with Crippen molar-refractivity contribution in [2.45, 2.75) is 64.0 Å². The molecule has 4 atom stereocenters. The van der Waals surface area contributed by atoms with E-state index in [1.165, 1.54) is 0 Å². The van der Waals surface area contributed by atoms with Gasteiger partial charge in [-0.1, -0.05) is 30.3 Å². The number of nitrogens with two attached hydrogens (primary N) is 1. The smallest absolute Gasteiger partial charge is 0.408 e. The Balaban J connectivity index is 1.17. The number of hydrogen-bond donors (Lipinski definition) is 3. The lowest BCUT2D eigenvalue weighted by Crippen LogP contribution is -2.41. The molecular weight excluding hydrogens is 542 g/mol. The third-order valence-corrected chi connectivity index (χ3v) is 7.42. The van der Waals surface area contributed by atoms with Gasteiger partial charge in [0.25, 0.3) is 0 Å². The van der Waals surface area contributed by atoms with Crippen LogP contribution in [0.1, 0.15) is 56.9 Å². The number of fused-ring (bicyclic) bond motifs is 1. The van der Waals surface area contributed by atoms with Crippen LogP contribution in [-0.2, 0) is 35.1 Å². The number of amides is 3. The molecule has 0 aromatic heterocycles. The van der Waals surface area contributed by atoms with Crippen molar-refractivity contribution in [2.24, 2.45) is 23.5 Å². The lowest BCUT2D eigenvalue weighted by Gasteiger charge is -2.17. The Morgan fingerprint density at radius 3 is 2.26 bits per heavy atom. The highest BCUT2D eigenvalue weighted by Crippen LogP contribution is 2.52. The molecule has 0 aliphatic heterocycles. The Bertz CT molecular complexity index is 1050. The van der Waals surface area contributed by atoms with Crippen LogP contribution in [0.5, 0.6) is 0 Å². The van der Waals surface area contributed by atoms with Crippen LogP contribution >= 0.6 is 0 Å². The summed E-state index contributed by atoms with van der Waals surface area (Å²) in [5.41, 5.74) is 6.03. The molecule has 1 aromatic carbocycles. The van der Waals surface area contributed by atoms with E-state index in [-0.39, 0.29) is 31.7 Å². The summed E-state index contributed by atoms with van der Waals surface area (Å²) in [6.45, 7) is 2.20. The van der Waals surface area contributed by atoms with Crippen molar-refractivity contribution >= 4 is 23.9 Å². The number of primary amides is 1. The molecule has 1 saturated carbocycles. The Hall–Kier alpha value is -3.62. The predicted molar refractivity (Wildman–Crippen MR) is 154 cm³/mol. The summed E-state index contributed by atoms with van der Waals surface area (Å²) in [6, 6.07) is 8.29. The highest BCUT2D eigenvalue weighted by atomic mass is 16.6. The van der Waals surface area contributed by atoms with Crippen LogP contribution < -0.4 is 16.4 Å². The number of carbonyl (C=O) groups is 4. The quantitative estimate of drug-likeness (QED) is 0.165. The monoisotopic (exact) mass is 585 g/mol. The van der Waals surface area contributed by atoms with Gasteiger partial charge >= 0.3 is 12.2 Å². The Morgan fingerprint density at radius 2 is 1.57 bits per heavy atom. The van der Waals surface area contributed by atoms with Crippen molar-refractivity contribution in [3.05, 3.63) is 35.9 Å². The molecule has 11 nitrogen and oxygen atoms in total. The fourth-order valence-electron chi connectivity index (χ4n) is 5.08. The fourth-order valence-corrected chi connectivity index (χ4v) is 5.08. The standard InChI is InChI=1S/C31H43N3O8/c32-29(36)15-14-27(34-31(38)41-21-23-9-4-3-5-10-23)28(35)13-8-17-39-19-20-40-18-16-33-30(37)42-22-26-24-11-6-1-2-7-12-25(24)26/h3-5,9-10,24-27H,6-8,11-22H2,(H2,32,36)(H,33,37)(H,34,38)/t24-,25+,26?,27?. The van der Waals surface area contributed by atoms with Crippen molar-refractivity contribution < 1.29 is 38.1 Å². The molecule has 2 unspecified atom stereocenters. The van der Waals surface area contributed by atoms with Crippen molar-refractivity contribution in [2.75, 3.05) is 39.6 Å². The molecule has 2 aliphatic carbocycles. The first-order valence-electron chi connectivity index (χ1n) is 14.7. The van der Waals surface area contributed by atoms with Crippen LogP contribution in [0.25, 0.3) is 0 Å². The summed E-state index contributed by atoms with van der Waals surface area (Å²) in [5, 5.41) is 5.24. The number of ether oxygens (including phenoxy) is 4. The summed E-state index contributed by atoms with van der Waals surface area (Å²) in [7, 11) is 0. The number of hydrogen-bond acceptors (Lipinski definition) is 8. The fraction of sp³-hybridized carbons (Fsp3) is 0.613. The van der Waals surface area contributed by atoms with Crippen molar-refractivity contribution in [3.8, 4) is 11.8 Å². The van der Waals surface area contributed by atoms with E-state index in [4.69, 9.17) is 24.7 Å². The minimum Gasteiger partial charge on any atom is -0.449 e. The Kier molecular flexibility index (Phi) is 14.7. The first kappa shape index (κ1) is 32.9. The van der Waals surface area contributed by atoms with Gasteiger partial charge in [0.2, 0.25) is 5.91 Å². The normalized spacial score (nSPS) is 19.5. The molecule has 0 heterocycles. The largest absolute Gasteiger partial charge is 0.449 e. The maximum absolute atomic E-state index is 12.7. The van der Waals surface area contributed by atoms with E-state index in [0.29, 0.717) is 63.8 Å². The summed E-state index contributed by atoms with van der Waals surface area (Å²) < 4.78 is 21.5. The molecule has 1 fully saturated rings. The number of ketones is 1. The molecule has 1 aromatic rings. The zero-order valence-corrected chi connectivity index (χ0v) is 24.1. The number of carbonyl (C=O) groups excluding carboxylic acids is 4. The third kappa shape index (κ3) is 12.9. The zero-order valence-electron chi connectivity index (χ0n) is 24.1. The highest BCUT2D eigenvalue weighted by Gasteiger charge is 2.49. The molecule has 11 heteroatoms. The minimum absolute atomic E-state index is 0.0346. The maximum Gasteiger partial charge on any atom is 0.408 e. The molecule has 4 N–H and O–H groups in total. The molecular formula is C31H43N3O8. The second kappa shape index (κ2) is 18.7. The van der Waals surface area contributed by atoms with Gasteiger partial charge in [-0.15, -0.1) is 11.8 Å². The van der Waals surface area contributed by atoms with Gasteiger partial charge in [0.1, 0.15) is 6.61 Å². The number of rotatable bonds is 19. The van der Waals surface area contributed by atoms with Gasteiger partial charge in [0.05, 0.1) is 32.5 Å². The molecule has 230 valence electrons. The van der Waals surface area contributed by atoms with E-state index in [1.807, 2.05) is 30.3 Å². The lowest BCUT2D eigenvalue weighted by molar-refractivity contribution is -0.122. The van der Waals surface area contributed by atoms with E-state index in [9.17, 15) is 19.2 Å². The van der Waals surface area contributed by atoms with Crippen LogP contribution in [0.2, 0.25) is 0 Å². The van der Waals surface area contributed by atoms with Crippen LogP contribution in [0.15, 0.2) is 30.3 Å². The van der Waals surface area contributed by atoms with Crippen molar-refractivity contribution in [1.82, 2.24) is 10.6 Å². The number of benzene rings is 1. The predicted octanol–water partition coefficient (Wildman–Crippen LogP) is 3.10. The molecule has 0 radical (unpaired) electrons. The van der Waals surface area contributed by atoms with Gasteiger partial charge in [-0.25, -0.2) is 9.59 Å². The van der Waals surface area contributed by atoms with Gasteiger partial charge in [0.15, 0.2) is 5.78 Å². The average Bonchev–Trinajstić information content (AvgIpc) is 3.62. The van der Waals surface area contributed by atoms with Gasteiger partial charge < -0.3 is 35.3 Å². The van der Waals surface area contributed by atoms with Gasteiger partial charge in [-0.05, 0) is 49.0 Å². The summed E-state index contributed by atoms with van der Waals surface area (Å²) >= 11 is 0. The Morgan fingerprint density at radius 1 is 0.881 bits per heavy atom. The van der Waals surface area contributed by atoms with Crippen LogP contribution in [0.3, 0.4) is 0 Å². The second-order valence-electron chi connectivity index (χ2n) is 10.5. The van der Waals surface area contributed by atoms with E-state index >= 15 is 0 Å². The van der Waals surface area contributed by atoms with Gasteiger partial charge in [0, 0.05) is 38.8 Å². The molecule has 0 saturated heterocycles. The zero-order chi connectivity index (χ0) is 30.0. The molecule has 2 aliphatic rings. The Labute approximate surface area is 247 Å². The molecule has 0 spiro atoms. The van der Waals surface area contributed by atoms with Crippen LogP contribution in [0.4, 0.5) is 9.59 Å². The minimum atomic E-state index is -0.875. The summed E-state index contributed by atoms with van der Waals surface area (Å²) in [6.07, 6.45) is 3.57. The van der Waals surface area contributed by atoms with E-state index < -0.39 is 24.1 Å². The van der Waals surface area contributed by atoms with Gasteiger partial charge in [-0.3, -0.25) is 9.59 Å². The van der Waals surface area contributed by atoms with Crippen molar-refractivity contribution in [3.63, 3.8) is 0 Å². The first-order valence-corrected chi connectivity index (χ1v) is 14.7. The number of alkyl carbamates (subject to hydrolysis) is 2. The average molecular weight is 586 g/mol. The second-order valence-corrected chi connectivity index (χ2v) is 10.5. The molecule has 3 amide bonds. The summed E-state index contributed by atoms with van der Waals surface area (Å²) in [4.78, 5) is 48.0. The van der Waals surface area contributed by atoms with Crippen LogP contribution in [-0.4, -0.2) is 69.5 Å². The molecule has 3 rings (SSSR count). The summed E-state index contributed by atoms with van der Waals surface area (Å²) in [5.74, 6) is 7.32. The van der Waals surface area contributed by atoms with Gasteiger partial charge in [-0.2, -0.15) is 0 Å². The molecule has 42 heavy (non-hydrogen) atoms. The topological polar surface area (TPSA) is 155 Å². The van der Waals surface area contributed by atoms with E-state index in [0.717, 1.165) is 31.2 Å². The SMILES string of the molecule is NC(=O)CCC(NC(=O)OCc1ccccc1)C(=O)CCCOCCOCCNC(=O)OCC1[C@H]2CCC#CCC[C@@H]12. The number of Topliss-reactive ketones (excluding diaryl/α,β-unsaturated/α-hetero) is 1. The number of nitrogens with one attached hydrogen (secondary N) is 2. The molecule has 0 bridgehead atoms. The van der Waals surface area contributed by atoms with Crippen LogP contribution in [0, 0.1) is 29.6 Å². The third-order valence-electron chi connectivity index (χ3n) is 7.42. The first-order chi connectivity index (χ1) is 20.4.